The van der Waals surface area contributed by atoms with Gasteiger partial charge in [-0.1, -0.05) is 57.9 Å². The predicted molar refractivity (Wildman–Crippen MR) is 83.2 cm³/mol. The summed E-state index contributed by atoms with van der Waals surface area (Å²) in [5.74, 6) is 1.58. The van der Waals surface area contributed by atoms with Crippen LogP contribution in [0, 0.1) is 11.8 Å². The monoisotopic (exact) mass is 259 g/mol. The molecule has 1 heteroatoms. The van der Waals surface area contributed by atoms with Gasteiger partial charge in [0, 0.05) is 12.6 Å². The highest BCUT2D eigenvalue weighted by molar-refractivity contribution is 5.22. The van der Waals surface area contributed by atoms with E-state index in [0.29, 0.717) is 0 Å². The normalized spacial score (nSPS) is 23.8. The van der Waals surface area contributed by atoms with E-state index in [1.165, 1.54) is 43.2 Å². The Bertz CT molecular complexity index is 366. The van der Waals surface area contributed by atoms with E-state index in [-0.39, 0.29) is 0 Å². The Morgan fingerprint density at radius 1 is 1.05 bits per heavy atom. The molecule has 0 aliphatic heterocycles. The molecule has 1 aliphatic carbocycles. The minimum Gasteiger partial charge on any atom is -0.310 e. The molecular weight excluding hydrogens is 230 g/mol. The Kier molecular flexibility index (Phi) is 5.45. The van der Waals surface area contributed by atoms with Crippen LogP contribution >= 0.6 is 0 Å². The fourth-order valence-electron chi connectivity index (χ4n) is 3.13. The fraction of sp³-hybridized carbons (Fsp3) is 0.667. The van der Waals surface area contributed by atoms with E-state index in [0.717, 1.165) is 24.4 Å². The second-order valence-corrected chi connectivity index (χ2v) is 6.66. The first kappa shape index (κ1) is 14.6. The predicted octanol–water partition coefficient (Wildman–Crippen LogP) is 4.55. The molecule has 2 atom stereocenters. The lowest BCUT2D eigenvalue weighted by Crippen LogP contribution is -2.36. The van der Waals surface area contributed by atoms with E-state index < -0.39 is 0 Å². The molecule has 0 spiro atoms. The molecule has 0 aromatic heterocycles. The average molecular weight is 259 g/mol. The van der Waals surface area contributed by atoms with Gasteiger partial charge in [0.05, 0.1) is 0 Å². The Morgan fingerprint density at radius 3 is 2.32 bits per heavy atom. The Balaban J connectivity index is 1.82. The Morgan fingerprint density at radius 2 is 1.68 bits per heavy atom. The van der Waals surface area contributed by atoms with Crippen molar-refractivity contribution in [1.29, 1.82) is 0 Å². The molecule has 1 aromatic rings. The van der Waals surface area contributed by atoms with E-state index in [2.05, 4.69) is 50.4 Å². The third-order valence-electron chi connectivity index (χ3n) is 4.35. The van der Waals surface area contributed by atoms with Crippen LogP contribution in [0.1, 0.15) is 57.6 Å². The maximum atomic E-state index is 3.75. The van der Waals surface area contributed by atoms with Crippen LogP contribution in [0.5, 0.6) is 0 Å². The smallest absolute Gasteiger partial charge is 0.0208 e. The standard InChI is InChI=1S/C18H29N/c1-14(2)12-16-8-10-17(11-9-16)13-19-18-7-5-4-6-15(18)3/h8-11,14-15,18-19H,4-7,12-13H2,1-3H3. The Labute approximate surface area is 118 Å². The molecule has 1 N–H and O–H groups in total. The minimum atomic E-state index is 0.726. The lowest BCUT2D eigenvalue weighted by atomic mass is 9.86. The number of nitrogens with one attached hydrogen (secondary N) is 1. The summed E-state index contributed by atoms with van der Waals surface area (Å²) in [4.78, 5) is 0. The largest absolute Gasteiger partial charge is 0.310 e. The highest BCUT2D eigenvalue weighted by Gasteiger charge is 2.20. The van der Waals surface area contributed by atoms with Gasteiger partial charge in [-0.3, -0.25) is 0 Å². The molecule has 1 fully saturated rings. The van der Waals surface area contributed by atoms with Crippen molar-refractivity contribution in [3.05, 3.63) is 35.4 Å². The second-order valence-electron chi connectivity index (χ2n) is 6.66. The Hall–Kier alpha value is -0.820. The van der Waals surface area contributed by atoms with Crippen LogP contribution in [-0.4, -0.2) is 6.04 Å². The molecule has 0 amide bonds. The fourth-order valence-corrected chi connectivity index (χ4v) is 3.13. The quantitative estimate of drug-likeness (QED) is 0.817. The lowest BCUT2D eigenvalue weighted by Gasteiger charge is -2.29. The van der Waals surface area contributed by atoms with Crippen molar-refractivity contribution in [3.63, 3.8) is 0 Å². The first-order valence-corrected chi connectivity index (χ1v) is 7.96. The van der Waals surface area contributed by atoms with Crippen LogP contribution in [0.4, 0.5) is 0 Å². The van der Waals surface area contributed by atoms with Gasteiger partial charge >= 0.3 is 0 Å². The van der Waals surface area contributed by atoms with Gasteiger partial charge in [-0.25, -0.2) is 0 Å². The van der Waals surface area contributed by atoms with Crippen molar-refractivity contribution < 1.29 is 0 Å². The molecule has 0 saturated heterocycles. The van der Waals surface area contributed by atoms with Gasteiger partial charge in [-0.05, 0) is 42.2 Å². The van der Waals surface area contributed by atoms with Crippen LogP contribution in [0.15, 0.2) is 24.3 Å². The van der Waals surface area contributed by atoms with Crippen molar-refractivity contribution in [1.82, 2.24) is 5.32 Å². The highest BCUT2D eigenvalue weighted by Crippen LogP contribution is 2.24. The van der Waals surface area contributed by atoms with Crippen molar-refractivity contribution in [2.24, 2.45) is 11.8 Å². The minimum absolute atomic E-state index is 0.726. The zero-order chi connectivity index (χ0) is 13.7. The topological polar surface area (TPSA) is 12.0 Å². The number of benzene rings is 1. The van der Waals surface area contributed by atoms with Crippen LogP contribution < -0.4 is 5.32 Å². The molecule has 2 rings (SSSR count). The van der Waals surface area contributed by atoms with Crippen molar-refractivity contribution in [2.45, 2.75) is 65.5 Å². The summed E-state index contributed by atoms with van der Waals surface area (Å²) in [6.45, 7) is 7.97. The van der Waals surface area contributed by atoms with Crippen LogP contribution in [0.25, 0.3) is 0 Å². The molecule has 1 aliphatic rings. The first-order valence-electron chi connectivity index (χ1n) is 7.96. The molecule has 1 aromatic carbocycles. The summed E-state index contributed by atoms with van der Waals surface area (Å²) in [7, 11) is 0. The summed E-state index contributed by atoms with van der Waals surface area (Å²) < 4.78 is 0. The number of rotatable bonds is 5. The van der Waals surface area contributed by atoms with Gasteiger partial charge in [0.1, 0.15) is 0 Å². The van der Waals surface area contributed by atoms with Gasteiger partial charge in [0.25, 0.3) is 0 Å². The van der Waals surface area contributed by atoms with Gasteiger partial charge in [0.15, 0.2) is 0 Å². The number of hydrogen-bond donors (Lipinski definition) is 1. The molecule has 19 heavy (non-hydrogen) atoms. The zero-order valence-electron chi connectivity index (χ0n) is 12.8. The van der Waals surface area contributed by atoms with E-state index in [1.54, 1.807) is 0 Å². The van der Waals surface area contributed by atoms with Gasteiger partial charge < -0.3 is 5.32 Å². The molecule has 1 saturated carbocycles. The first-order chi connectivity index (χ1) is 9.15. The van der Waals surface area contributed by atoms with Crippen LogP contribution in [0.2, 0.25) is 0 Å². The van der Waals surface area contributed by atoms with E-state index in [1.807, 2.05) is 0 Å². The van der Waals surface area contributed by atoms with Gasteiger partial charge in [0.2, 0.25) is 0 Å². The summed E-state index contributed by atoms with van der Waals surface area (Å²) in [6, 6.07) is 9.89. The van der Waals surface area contributed by atoms with Crippen LogP contribution in [-0.2, 0) is 13.0 Å². The summed E-state index contributed by atoms with van der Waals surface area (Å²) in [5.41, 5.74) is 2.88. The third kappa shape index (κ3) is 4.65. The molecular formula is C18H29N. The third-order valence-corrected chi connectivity index (χ3v) is 4.35. The molecule has 0 radical (unpaired) electrons. The summed E-state index contributed by atoms with van der Waals surface area (Å²) >= 11 is 0. The lowest BCUT2D eigenvalue weighted by molar-refractivity contribution is 0.279. The van der Waals surface area contributed by atoms with Gasteiger partial charge in [-0.15, -0.1) is 0 Å². The van der Waals surface area contributed by atoms with Crippen LogP contribution in [0.3, 0.4) is 0 Å². The summed E-state index contributed by atoms with van der Waals surface area (Å²) in [5, 5.41) is 3.75. The van der Waals surface area contributed by atoms with Crippen molar-refractivity contribution in [2.75, 3.05) is 0 Å². The molecule has 0 bridgehead atoms. The average Bonchev–Trinajstić information content (AvgIpc) is 2.39. The van der Waals surface area contributed by atoms with Crippen molar-refractivity contribution >= 4 is 0 Å². The maximum absolute atomic E-state index is 3.75. The maximum Gasteiger partial charge on any atom is 0.0208 e. The van der Waals surface area contributed by atoms with E-state index in [4.69, 9.17) is 0 Å². The summed E-state index contributed by atoms with van der Waals surface area (Å²) in [6.07, 6.45) is 6.75. The van der Waals surface area contributed by atoms with E-state index >= 15 is 0 Å². The zero-order valence-corrected chi connectivity index (χ0v) is 12.8. The van der Waals surface area contributed by atoms with E-state index in [9.17, 15) is 0 Å². The van der Waals surface area contributed by atoms with Gasteiger partial charge in [-0.2, -0.15) is 0 Å². The molecule has 106 valence electrons. The number of hydrogen-bond acceptors (Lipinski definition) is 1. The van der Waals surface area contributed by atoms with Crippen molar-refractivity contribution in [3.8, 4) is 0 Å². The molecule has 2 unspecified atom stereocenters. The SMILES string of the molecule is CC(C)Cc1ccc(CNC2CCCCC2C)cc1. The second kappa shape index (κ2) is 7.09. The molecule has 0 heterocycles. The highest BCUT2D eigenvalue weighted by atomic mass is 14.9. The molecule has 1 nitrogen and oxygen atoms in total.